The van der Waals surface area contributed by atoms with E-state index in [0.717, 1.165) is 11.1 Å². The molecule has 0 fully saturated rings. The van der Waals surface area contributed by atoms with Crippen molar-refractivity contribution in [2.45, 2.75) is 25.9 Å². The van der Waals surface area contributed by atoms with Crippen molar-refractivity contribution < 1.29 is 9.53 Å². The number of ketones is 1. The van der Waals surface area contributed by atoms with Gasteiger partial charge in [0.2, 0.25) is 0 Å². The number of benzene rings is 3. The zero-order chi connectivity index (χ0) is 18.8. The number of Topliss-reactive ketones (excluding diaryl/α,β-unsaturated/α-hetero) is 1. The van der Waals surface area contributed by atoms with E-state index in [2.05, 4.69) is 38.1 Å². The molecule has 0 bridgehead atoms. The van der Waals surface area contributed by atoms with Gasteiger partial charge in [0, 0.05) is 5.57 Å². The van der Waals surface area contributed by atoms with Crippen LogP contribution in [0, 0.1) is 0 Å². The Morgan fingerprint density at radius 2 is 1.52 bits per heavy atom. The zero-order valence-corrected chi connectivity index (χ0v) is 15.6. The van der Waals surface area contributed by atoms with E-state index in [1.165, 1.54) is 5.56 Å². The highest BCUT2D eigenvalue weighted by Crippen LogP contribution is 2.39. The maximum Gasteiger partial charge on any atom is 0.196 e. The van der Waals surface area contributed by atoms with Gasteiger partial charge in [0.1, 0.15) is 5.75 Å². The van der Waals surface area contributed by atoms with Crippen molar-refractivity contribution >= 4 is 11.9 Å². The van der Waals surface area contributed by atoms with Gasteiger partial charge in [-0.15, -0.1) is 0 Å². The first-order valence-electron chi connectivity index (χ1n) is 9.30. The molecule has 0 spiro atoms. The molecule has 0 aliphatic carbocycles. The molecule has 1 aliphatic rings. The summed E-state index contributed by atoms with van der Waals surface area (Å²) < 4.78 is 6.25. The number of hydrogen-bond acceptors (Lipinski definition) is 2. The van der Waals surface area contributed by atoms with Gasteiger partial charge in [-0.05, 0) is 40.8 Å². The van der Waals surface area contributed by atoms with E-state index in [1.54, 1.807) is 0 Å². The number of ether oxygens (including phenoxy) is 1. The van der Waals surface area contributed by atoms with Crippen LogP contribution < -0.4 is 4.74 Å². The first-order valence-corrected chi connectivity index (χ1v) is 9.30. The molecular weight excluding hydrogens is 332 g/mol. The minimum absolute atomic E-state index is 0.0265. The molecule has 0 unspecified atom stereocenters. The van der Waals surface area contributed by atoms with E-state index in [1.807, 2.05) is 60.7 Å². The van der Waals surface area contributed by atoms with Crippen molar-refractivity contribution in [3.05, 3.63) is 107 Å². The third-order valence-corrected chi connectivity index (χ3v) is 4.95. The van der Waals surface area contributed by atoms with Gasteiger partial charge in [0.25, 0.3) is 0 Å². The number of rotatable bonds is 3. The average molecular weight is 354 g/mol. The molecule has 3 aromatic rings. The lowest BCUT2D eigenvalue weighted by Crippen LogP contribution is -2.23. The van der Waals surface area contributed by atoms with Crippen molar-refractivity contribution in [3.63, 3.8) is 0 Å². The summed E-state index contributed by atoms with van der Waals surface area (Å²) in [5, 5.41) is 0. The fourth-order valence-corrected chi connectivity index (χ4v) is 3.40. The van der Waals surface area contributed by atoms with Crippen LogP contribution in [0.25, 0.3) is 6.08 Å². The van der Waals surface area contributed by atoms with Crippen LogP contribution in [0.5, 0.6) is 5.75 Å². The summed E-state index contributed by atoms with van der Waals surface area (Å²) in [5.41, 5.74) is 4.55. The quantitative estimate of drug-likeness (QED) is 0.523. The topological polar surface area (TPSA) is 26.3 Å². The molecule has 3 aromatic carbocycles. The van der Waals surface area contributed by atoms with Crippen molar-refractivity contribution in [1.82, 2.24) is 0 Å². The Balaban J connectivity index is 1.80. The normalized spacial score (nSPS) is 17.7. The fraction of sp³-hybridized carbons (Fsp3) is 0.160. The summed E-state index contributed by atoms with van der Waals surface area (Å²) in [6, 6.07) is 25.7. The van der Waals surface area contributed by atoms with Crippen LogP contribution >= 0.6 is 0 Å². The average Bonchev–Trinajstić information content (AvgIpc) is 2.71. The Kier molecular flexibility index (Phi) is 4.64. The van der Waals surface area contributed by atoms with Gasteiger partial charge < -0.3 is 4.74 Å². The molecule has 0 radical (unpaired) electrons. The summed E-state index contributed by atoms with van der Waals surface area (Å²) >= 11 is 0. The molecule has 1 atom stereocenters. The van der Waals surface area contributed by atoms with Gasteiger partial charge in [-0.25, -0.2) is 0 Å². The summed E-state index contributed by atoms with van der Waals surface area (Å²) in [7, 11) is 0. The lowest BCUT2D eigenvalue weighted by atomic mass is 9.89. The molecule has 1 aliphatic heterocycles. The van der Waals surface area contributed by atoms with Gasteiger partial charge in [-0.2, -0.15) is 0 Å². The first-order chi connectivity index (χ1) is 13.1. The fourth-order valence-electron chi connectivity index (χ4n) is 3.40. The highest BCUT2D eigenvalue weighted by Gasteiger charge is 2.32. The van der Waals surface area contributed by atoms with Crippen LogP contribution in [0.15, 0.2) is 84.4 Å². The zero-order valence-electron chi connectivity index (χ0n) is 15.6. The Morgan fingerprint density at radius 1 is 0.852 bits per heavy atom. The molecule has 1 heterocycles. The Hall–Kier alpha value is -3.13. The number of para-hydroxylation sites is 1. The third kappa shape index (κ3) is 3.43. The van der Waals surface area contributed by atoms with Gasteiger partial charge >= 0.3 is 0 Å². The molecular formula is C25H22O2. The van der Waals surface area contributed by atoms with Crippen LogP contribution in [0.2, 0.25) is 0 Å². The standard InChI is InChI=1S/C25H22O2/c1-17(2)19-14-12-18(13-15-19)16-22-24(26)21-10-6-7-11-23(21)27-25(22)20-8-4-3-5-9-20/h3-17,25H,1-2H3/b22-16+/t25-/m1/s1. The molecule has 2 heteroatoms. The number of carbonyl (C=O) groups is 1. The molecule has 4 rings (SSSR count). The van der Waals surface area contributed by atoms with E-state index < -0.39 is 6.10 Å². The van der Waals surface area contributed by atoms with E-state index in [-0.39, 0.29) is 5.78 Å². The lowest BCUT2D eigenvalue weighted by Gasteiger charge is -2.28. The summed E-state index contributed by atoms with van der Waals surface area (Å²) in [6.45, 7) is 4.35. The predicted octanol–water partition coefficient (Wildman–Crippen LogP) is 6.21. The lowest BCUT2D eigenvalue weighted by molar-refractivity contribution is 0.0963. The Morgan fingerprint density at radius 3 is 2.22 bits per heavy atom. The molecule has 0 saturated carbocycles. The summed E-state index contributed by atoms with van der Waals surface area (Å²) in [5.74, 6) is 1.15. The summed E-state index contributed by atoms with van der Waals surface area (Å²) in [6.07, 6.45) is 1.55. The van der Waals surface area contributed by atoms with E-state index >= 15 is 0 Å². The maximum absolute atomic E-state index is 13.2. The minimum Gasteiger partial charge on any atom is -0.480 e. The second kappa shape index (κ2) is 7.24. The minimum atomic E-state index is -0.404. The molecule has 0 saturated heterocycles. The maximum atomic E-state index is 13.2. The molecule has 0 N–H and O–H groups in total. The van der Waals surface area contributed by atoms with Crippen molar-refractivity contribution in [3.8, 4) is 5.75 Å². The molecule has 2 nitrogen and oxygen atoms in total. The molecule has 27 heavy (non-hydrogen) atoms. The smallest absolute Gasteiger partial charge is 0.196 e. The number of carbonyl (C=O) groups excluding carboxylic acids is 1. The van der Waals surface area contributed by atoms with Crippen LogP contribution in [-0.4, -0.2) is 5.78 Å². The van der Waals surface area contributed by atoms with Crippen LogP contribution in [0.4, 0.5) is 0 Å². The van der Waals surface area contributed by atoms with Crippen LogP contribution in [0.3, 0.4) is 0 Å². The third-order valence-electron chi connectivity index (χ3n) is 4.95. The highest BCUT2D eigenvalue weighted by atomic mass is 16.5. The van der Waals surface area contributed by atoms with Crippen molar-refractivity contribution in [1.29, 1.82) is 0 Å². The second-order valence-corrected chi connectivity index (χ2v) is 7.15. The Labute approximate surface area is 160 Å². The number of hydrogen-bond donors (Lipinski definition) is 0. The monoisotopic (exact) mass is 354 g/mol. The van der Waals surface area contributed by atoms with E-state index in [4.69, 9.17) is 4.74 Å². The van der Waals surface area contributed by atoms with Crippen molar-refractivity contribution in [2.24, 2.45) is 0 Å². The van der Waals surface area contributed by atoms with Crippen LogP contribution in [-0.2, 0) is 0 Å². The second-order valence-electron chi connectivity index (χ2n) is 7.15. The molecule has 0 aromatic heterocycles. The van der Waals surface area contributed by atoms with E-state index in [0.29, 0.717) is 22.8 Å². The van der Waals surface area contributed by atoms with Crippen LogP contribution in [0.1, 0.15) is 52.9 Å². The highest BCUT2D eigenvalue weighted by molar-refractivity contribution is 6.14. The molecule has 0 amide bonds. The SMILES string of the molecule is CC(C)c1ccc(/C=C2\C(=O)c3ccccc3O[C@@H]2c2ccccc2)cc1. The van der Waals surface area contributed by atoms with Gasteiger partial charge in [-0.3, -0.25) is 4.79 Å². The number of fused-ring (bicyclic) bond motifs is 1. The van der Waals surface area contributed by atoms with Gasteiger partial charge in [0.15, 0.2) is 11.9 Å². The Bertz CT molecular complexity index is 982. The largest absolute Gasteiger partial charge is 0.480 e. The van der Waals surface area contributed by atoms with Gasteiger partial charge in [-0.1, -0.05) is 80.6 Å². The van der Waals surface area contributed by atoms with Gasteiger partial charge in [0.05, 0.1) is 5.56 Å². The first kappa shape index (κ1) is 17.3. The summed E-state index contributed by atoms with van der Waals surface area (Å²) in [4.78, 5) is 13.2. The predicted molar refractivity (Wildman–Crippen MR) is 109 cm³/mol. The van der Waals surface area contributed by atoms with Crippen molar-refractivity contribution in [2.75, 3.05) is 0 Å². The van der Waals surface area contributed by atoms with E-state index in [9.17, 15) is 4.79 Å². The molecule has 134 valence electrons.